The predicted octanol–water partition coefficient (Wildman–Crippen LogP) is 4.75. The molecule has 0 radical (unpaired) electrons. The van der Waals surface area contributed by atoms with E-state index < -0.39 is 49.8 Å². The zero-order chi connectivity index (χ0) is 36.6. The molecule has 1 heterocycles. The van der Waals surface area contributed by atoms with E-state index in [4.69, 9.17) is 14.2 Å². The number of amides is 1. The molecule has 274 valence electrons. The summed E-state index contributed by atoms with van der Waals surface area (Å²) in [7, 11) is -5.05. The Labute approximate surface area is 294 Å². The Hall–Kier alpha value is -3.76. The van der Waals surface area contributed by atoms with Gasteiger partial charge in [-0.05, 0) is 99.8 Å². The minimum absolute atomic E-state index is 0.00349. The first-order valence-corrected chi connectivity index (χ1v) is 19.3. The van der Waals surface area contributed by atoms with Crippen LogP contribution in [0.2, 0.25) is 0 Å². The normalized spacial score (nSPS) is 20.4. The zero-order valence-electron chi connectivity index (χ0n) is 28.9. The standard InChI is InChI=1S/C35H46FN3O9S2/c1-24-21-39(25(2)23-40)35(41)32-20-28(37-49(42,43)30-14-9-27(36)10-15-30)11-18-33(32)48-26(3)8-6-7-19-47-34(24)22-38(4)50(44,45)31-16-12-29(46-5)13-17-31/h9-18,20,24-26,34,37,40H,6-8,19,21-23H2,1-5H3/t24-,25+,26-,34+/m1/s1. The van der Waals surface area contributed by atoms with Gasteiger partial charge in [0.05, 0.1) is 47.3 Å². The highest BCUT2D eigenvalue weighted by Crippen LogP contribution is 2.30. The van der Waals surface area contributed by atoms with Crippen LogP contribution in [0, 0.1) is 11.7 Å². The van der Waals surface area contributed by atoms with Crippen molar-refractivity contribution in [1.82, 2.24) is 9.21 Å². The molecule has 2 N–H and O–H groups in total. The summed E-state index contributed by atoms with van der Waals surface area (Å²) in [5.74, 6) is -0.759. The van der Waals surface area contributed by atoms with Crippen molar-refractivity contribution in [3.8, 4) is 11.5 Å². The van der Waals surface area contributed by atoms with Crippen LogP contribution in [0.25, 0.3) is 0 Å². The van der Waals surface area contributed by atoms with Crippen molar-refractivity contribution in [3.05, 3.63) is 78.1 Å². The number of hydrogen-bond acceptors (Lipinski definition) is 9. The number of benzene rings is 3. The summed E-state index contributed by atoms with van der Waals surface area (Å²) in [5.41, 5.74) is 0.146. The molecule has 4 atom stereocenters. The highest BCUT2D eigenvalue weighted by atomic mass is 32.2. The van der Waals surface area contributed by atoms with Gasteiger partial charge in [0.1, 0.15) is 17.3 Å². The van der Waals surface area contributed by atoms with E-state index in [0.29, 0.717) is 25.2 Å². The third-order valence-corrected chi connectivity index (χ3v) is 11.9. The van der Waals surface area contributed by atoms with Gasteiger partial charge < -0.3 is 24.2 Å². The Morgan fingerprint density at radius 3 is 2.32 bits per heavy atom. The number of carbonyl (C=O) groups excluding carboxylic acids is 1. The summed E-state index contributed by atoms with van der Waals surface area (Å²) in [6, 6.07) is 14.1. The topological polar surface area (TPSA) is 152 Å². The van der Waals surface area contributed by atoms with E-state index in [0.717, 1.165) is 30.7 Å². The molecule has 0 saturated heterocycles. The number of hydrogen-bond donors (Lipinski definition) is 2. The van der Waals surface area contributed by atoms with E-state index >= 15 is 0 Å². The summed E-state index contributed by atoms with van der Waals surface area (Å²) >= 11 is 0. The van der Waals surface area contributed by atoms with Crippen molar-refractivity contribution in [3.63, 3.8) is 0 Å². The molecule has 0 saturated carbocycles. The number of ether oxygens (including phenoxy) is 3. The Morgan fingerprint density at radius 2 is 1.68 bits per heavy atom. The highest BCUT2D eigenvalue weighted by molar-refractivity contribution is 7.92. The van der Waals surface area contributed by atoms with Crippen molar-refractivity contribution in [1.29, 1.82) is 0 Å². The number of halogens is 1. The molecule has 15 heteroatoms. The van der Waals surface area contributed by atoms with E-state index in [1.54, 1.807) is 19.1 Å². The van der Waals surface area contributed by atoms with Gasteiger partial charge in [0.15, 0.2) is 0 Å². The van der Waals surface area contributed by atoms with Crippen LogP contribution in [-0.2, 0) is 24.8 Å². The number of fused-ring (bicyclic) bond motifs is 1. The molecular formula is C35H46FN3O9S2. The third kappa shape index (κ3) is 9.72. The van der Waals surface area contributed by atoms with Gasteiger partial charge in [-0.1, -0.05) is 6.92 Å². The van der Waals surface area contributed by atoms with Crippen LogP contribution in [0.1, 0.15) is 50.4 Å². The molecule has 3 aromatic carbocycles. The SMILES string of the molecule is COc1ccc(S(=O)(=O)N(C)C[C@@H]2OCCCC[C@@H](C)Oc3ccc(NS(=O)(=O)c4ccc(F)cc4)cc3C(=O)N([C@@H](C)CO)C[C@H]2C)cc1. The molecule has 0 unspecified atom stereocenters. The van der Waals surface area contributed by atoms with Crippen LogP contribution in [0.5, 0.6) is 11.5 Å². The lowest BCUT2D eigenvalue weighted by atomic mass is 10.0. The molecule has 0 aromatic heterocycles. The van der Waals surface area contributed by atoms with E-state index in [-0.39, 0.29) is 52.6 Å². The fourth-order valence-electron chi connectivity index (χ4n) is 5.56. The van der Waals surface area contributed by atoms with Crippen LogP contribution in [0.3, 0.4) is 0 Å². The Kier molecular flexibility index (Phi) is 13.2. The van der Waals surface area contributed by atoms with Gasteiger partial charge in [-0.2, -0.15) is 4.31 Å². The van der Waals surface area contributed by atoms with Crippen LogP contribution >= 0.6 is 0 Å². The van der Waals surface area contributed by atoms with Crippen molar-refractivity contribution < 1.29 is 45.3 Å². The lowest BCUT2D eigenvalue weighted by molar-refractivity contribution is -0.00834. The highest BCUT2D eigenvalue weighted by Gasteiger charge is 2.32. The quantitative estimate of drug-likeness (QED) is 0.301. The largest absolute Gasteiger partial charge is 0.497 e. The van der Waals surface area contributed by atoms with E-state index in [2.05, 4.69) is 4.72 Å². The van der Waals surface area contributed by atoms with Crippen molar-refractivity contribution in [2.75, 3.05) is 45.2 Å². The summed E-state index contributed by atoms with van der Waals surface area (Å²) in [6.07, 6.45) is 1.09. The molecule has 1 aliphatic heterocycles. The molecule has 1 amide bonds. The number of likely N-dealkylation sites (N-methyl/N-ethyl adjacent to an activating group) is 1. The maximum atomic E-state index is 14.4. The number of rotatable bonds is 10. The van der Waals surface area contributed by atoms with Gasteiger partial charge in [0.2, 0.25) is 10.0 Å². The zero-order valence-corrected chi connectivity index (χ0v) is 30.5. The van der Waals surface area contributed by atoms with Crippen molar-refractivity contribution in [2.45, 2.75) is 68.1 Å². The summed E-state index contributed by atoms with van der Waals surface area (Å²) < 4.78 is 88.0. The first-order chi connectivity index (χ1) is 23.7. The summed E-state index contributed by atoms with van der Waals surface area (Å²) in [5, 5.41) is 10.2. The number of methoxy groups -OCH3 is 1. The van der Waals surface area contributed by atoms with E-state index in [9.17, 15) is 31.1 Å². The fourth-order valence-corrected chi connectivity index (χ4v) is 7.79. The lowest BCUT2D eigenvalue weighted by Crippen LogP contribution is -2.48. The second-order valence-corrected chi connectivity index (χ2v) is 16.3. The molecule has 12 nitrogen and oxygen atoms in total. The second kappa shape index (κ2) is 17.0. The molecule has 0 fully saturated rings. The van der Waals surface area contributed by atoms with Crippen LogP contribution < -0.4 is 14.2 Å². The van der Waals surface area contributed by atoms with E-state index in [1.807, 2.05) is 13.8 Å². The Bertz CT molecular complexity index is 1810. The van der Waals surface area contributed by atoms with E-state index in [1.165, 1.54) is 53.7 Å². The van der Waals surface area contributed by atoms with Gasteiger partial charge in [-0.3, -0.25) is 9.52 Å². The molecule has 1 aliphatic rings. The predicted molar refractivity (Wildman–Crippen MR) is 187 cm³/mol. The maximum Gasteiger partial charge on any atom is 0.261 e. The molecular weight excluding hydrogens is 690 g/mol. The first kappa shape index (κ1) is 39.0. The molecule has 50 heavy (non-hydrogen) atoms. The van der Waals surface area contributed by atoms with Gasteiger partial charge >= 0.3 is 0 Å². The molecule has 0 aliphatic carbocycles. The minimum Gasteiger partial charge on any atom is -0.497 e. The second-order valence-electron chi connectivity index (χ2n) is 12.5. The Balaban J connectivity index is 1.66. The number of aliphatic hydroxyl groups is 1. The van der Waals surface area contributed by atoms with Crippen LogP contribution in [0.4, 0.5) is 10.1 Å². The van der Waals surface area contributed by atoms with Crippen molar-refractivity contribution >= 4 is 31.6 Å². The third-order valence-electron chi connectivity index (χ3n) is 8.63. The number of nitrogens with one attached hydrogen (secondary N) is 1. The average Bonchev–Trinajstić information content (AvgIpc) is 3.09. The molecule has 0 spiro atoms. The van der Waals surface area contributed by atoms with Crippen LogP contribution in [0.15, 0.2) is 76.5 Å². The average molecular weight is 736 g/mol. The van der Waals surface area contributed by atoms with Gasteiger partial charge in [-0.25, -0.2) is 21.2 Å². The number of carbonyl (C=O) groups is 1. The molecule has 4 rings (SSSR count). The number of aliphatic hydroxyl groups excluding tert-OH is 1. The molecule has 0 bridgehead atoms. The fraction of sp³-hybridized carbons (Fsp3) is 0.457. The maximum absolute atomic E-state index is 14.4. The lowest BCUT2D eigenvalue weighted by Gasteiger charge is -2.35. The van der Waals surface area contributed by atoms with Gasteiger partial charge in [0, 0.05) is 38.3 Å². The summed E-state index contributed by atoms with van der Waals surface area (Å²) in [4.78, 5) is 15.8. The van der Waals surface area contributed by atoms with Crippen LogP contribution in [-0.4, -0.2) is 95.8 Å². The summed E-state index contributed by atoms with van der Waals surface area (Å²) in [6.45, 7) is 5.44. The number of anilines is 1. The number of sulfonamides is 2. The van der Waals surface area contributed by atoms with Gasteiger partial charge in [0.25, 0.3) is 15.9 Å². The van der Waals surface area contributed by atoms with Gasteiger partial charge in [-0.15, -0.1) is 0 Å². The Morgan fingerprint density at radius 1 is 1.02 bits per heavy atom. The monoisotopic (exact) mass is 735 g/mol. The smallest absolute Gasteiger partial charge is 0.261 e. The first-order valence-electron chi connectivity index (χ1n) is 16.4. The van der Waals surface area contributed by atoms with Crippen molar-refractivity contribution in [2.24, 2.45) is 5.92 Å². The molecule has 3 aromatic rings. The number of nitrogens with zero attached hydrogens (tertiary/aromatic N) is 2. The minimum atomic E-state index is -4.13.